The highest BCUT2D eigenvalue weighted by atomic mass is 16.2. The van der Waals surface area contributed by atoms with Crippen LogP contribution >= 0.6 is 0 Å². The van der Waals surface area contributed by atoms with Crippen molar-refractivity contribution in [2.45, 2.75) is 13.0 Å². The minimum absolute atomic E-state index is 0.0568. The zero-order valence-corrected chi connectivity index (χ0v) is 12.6. The van der Waals surface area contributed by atoms with Crippen molar-refractivity contribution in [2.75, 3.05) is 24.6 Å². The number of carbonyl (C=O) groups is 2. The maximum absolute atomic E-state index is 12.3. The zero-order valence-electron chi connectivity index (χ0n) is 12.6. The highest BCUT2D eigenvalue weighted by Gasteiger charge is 2.21. The van der Waals surface area contributed by atoms with Gasteiger partial charge < -0.3 is 16.0 Å². The van der Waals surface area contributed by atoms with E-state index in [1.807, 2.05) is 0 Å². The fourth-order valence-corrected chi connectivity index (χ4v) is 2.04. The Hall–Kier alpha value is -2.83. The van der Waals surface area contributed by atoms with Crippen LogP contribution in [-0.4, -0.2) is 40.1 Å². The van der Waals surface area contributed by atoms with Gasteiger partial charge in [-0.2, -0.15) is 5.10 Å². The standard InChI is InChI=1S/C15H19N5O2/c1-11(20-9-5-8-17-20)15(22)19(2)10-14(21)18-13-7-4-3-6-12(13)16/h3-9,11H,10,16H2,1-2H3,(H,18,21). The molecule has 0 saturated carbocycles. The number of nitrogens with one attached hydrogen (secondary N) is 1. The first-order valence-electron chi connectivity index (χ1n) is 6.87. The van der Waals surface area contributed by atoms with Gasteiger partial charge in [-0.25, -0.2) is 0 Å². The van der Waals surface area contributed by atoms with Crippen LogP contribution in [0.2, 0.25) is 0 Å². The molecule has 7 heteroatoms. The number of amides is 2. The largest absolute Gasteiger partial charge is 0.397 e. The second-order valence-electron chi connectivity index (χ2n) is 4.99. The Balaban J connectivity index is 1.94. The van der Waals surface area contributed by atoms with Crippen molar-refractivity contribution in [3.8, 4) is 0 Å². The van der Waals surface area contributed by atoms with Crippen LogP contribution in [0, 0.1) is 0 Å². The molecule has 1 aromatic carbocycles. The fourth-order valence-electron chi connectivity index (χ4n) is 2.04. The first-order chi connectivity index (χ1) is 10.5. The first kappa shape index (κ1) is 15.6. The van der Waals surface area contributed by atoms with Crippen molar-refractivity contribution in [1.82, 2.24) is 14.7 Å². The van der Waals surface area contributed by atoms with Gasteiger partial charge in [-0.1, -0.05) is 12.1 Å². The van der Waals surface area contributed by atoms with E-state index in [-0.39, 0.29) is 18.4 Å². The quantitative estimate of drug-likeness (QED) is 0.809. The summed E-state index contributed by atoms with van der Waals surface area (Å²) in [6, 6.07) is 8.25. The lowest BCUT2D eigenvalue weighted by atomic mass is 10.2. The molecular weight excluding hydrogens is 282 g/mol. The van der Waals surface area contributed by atoms with Crippen molar-refractivity contribution in [3.63, 3.8) is 0 Å². The molecule has 1 unspecified atom stereocenters. The van der Waals surface area contributed by atoms with E-state index in [2.05, 4.69) is 10.4 Å². The van der Waals surface area contributed by atoms with Crippen LogP contribution in [-0.2, 0) is 9.59 Å². The molecule has 1 atom stereocenters. The molecule has 0 aliphatic heterocycles. The number of nitrogens with two attached hydrogens (primary N) is 1. The number of benzene rings is 1. The number of hydrogen-bond acceptors (Lipinski definition) is 4. The third-order valence-electron chi connectivity index (χ3n) is 3.27. The summed E-state index contributed by atoms with van der Waals surface area (Å²) in [5.74, 6) is -0.499. The third kappa shape index (κ3) is 3.63. The van der Waals surface area contributed by atoms with Gasteiger partial charge in [-0.3, -0.25) is 14.3 Å². The van der Waals surface area contributed by atoms with Crippen molar-refractivity contribution >= 4 is 23.2 Å². The molecule has 116 valence electrons. The van der Waals surface area contributed by atoms with Gasteiger partial charge in [0.15, 0.2) is 0 Å². The SMILES string of the molecule is CC(C(=O)N(C)CC(=O)Nc1ccccc1N)n1cccn1. The predicted molar refractivity (Wildman–Crippen MR) is 84.1 cm³/mol. The van der Waals surface area contributed by atoms with Gasteiger partial charge in [0.2, 0.25) is 11.8 Å². The average molecular weight is 301 g/mol. The molecule has 1 aromatic heterocycles. The van der Waals surface area contributed by atoms with E-state index in [1.54, 1.807) is 61.4 Å². The molecular formula is C15H19N5O2. The Kier molecular flexibility index (Phi) is 4.77. The van der Waals surface area contributed by atoms with Crippen LogP contribution < -0.4 is 11.1 Å². The summed E-state index contributed by atoms with van der Waals surface area (Å²) in [7, 11) is 1.58. The Bertz CT molecular complexity index is 654. The second-order valence-corrected chi connectivity index (χ2v) is 4.99. The molecule has 1 heterocycles. The lowest BCUT2D eigenvalue weighted by Crippen LogP contribution is -2.38. The Labute approximate surface area is 128 Å². The van der Waals surface area contributed by atoms with E-state index in [9.17, 15) is 9.59 Å². The summed E-state index contributed by atoms with van der Waals surface area (Å²) >= 11 is 0. The predicted octanol–water partition coefficient (Wildman–Crippen LogP) is 1.12. The van der Waals surface area contributed by atoms with Gasteiger partial charge in [-0.15, -0.1) is 0 Å². The van der Waals surface area contributed by atoms with Crippen LogP contribution in [0.1, 0.15) is 13.0 Å². The zero-order chi connectivity index (χ0) is 16.1. The smallest absolute Gasteiger partial charge is 0.247 e. The molecule has 0 spiro atoms. The maximum Gasteiger partial charge on any atom is 0.247 e. The average Bonchev–Trinajstić information content (AvgIpc) is 3.02. The third-order valence-corrected chi connectivity index (χ3v) is 3.27. The highest BCUT2D eigenvalue weighted by Crippen LogP contribution is 2.16. The van der Waals surface area contributed by atoms with Crippen LogP contribution in [0.4, 0.5) is 11.4 Å². The number of likely N-dealkylation sites (N-methyl/N-ethyl adjacent to an activating group) is 1. The number of rotatable bonds is 5. The number of nitrogen functional groups attached to an aromatic ring is 1. The molecule has 3 N–H and O–H groups in total. The van der Waals surface area contributed by atoms with Crippen molar-refractivity contribution in [2.24, 2.45) is 0 Å². The molecule has 0 radical (unpaired) electrons. The van der Waals surface area contributed by atoms with Crippen molar-refractivity contribution in [1.29, 1.82) is 0 Å². The van der Waals surface area contributed by atoms with Crippen LogP contribution in [0.3, 0.4) is 0 Å². The number of aromatic nitrogens is 2. The normalized spacial score (nSPS) is 11.7. The summed E-state index contributed by atoms with van der Waals surface area (Å²) in [5.41, 5.74) is 6.78. The Morgan fingerprint density at radius 1 is 1.36 bits per heavy atom. The van der Waals surface area contributed by atoms with E-state index in [4.69, 9.17) is 5.73 Å². The number of hydrogen-bond donors (Lipinski definition) is 2. The summed E-state index contributed by atoms with van der Waals surface area (Å²) in [5, 5.41) is 6.72. The van der Waals surface area contributed by atoms with E-state index < -0.39 is 6.04 Å². The maximum atomic E-state index is 12.3. The number of carbonyl (C=O) groups excluding carboxylic acids is 2. The molecule has 2 aromatic rings. The topological polar surface area (TPSA) is 93.3 Å². The fraction of sp³-hybridized carbons (Fsp3) is 0.267. The molecule has 0 aliphatic rings. The minimum Gasteiger partial charge on any atom is -0.397 e. The Morgan fingerprint density at radius 2 is 2.09 bits per heavy atom. The van der Waals surface area contributed by atoms with E-state index in [1.165, 1.54) is 4.90 Å². The summed E-state index contributed by atoms with van der Waals surface area (Å²) in [4.78, 5) is 25.6. The lowest BCUT2D eigenvalue weighted by molar-refractivity contribution is -0.136. The summed E-state index contributed by atoms with van der Waals surface area (Å²) < 4.78 is 1.55. The van der Waals surface area contributed by atoms with E-state index >= 15 is 0 Å². The lowest BCUT2D eigenvalue weighted by Gasteiger charge is -2.21. The minimum atomic E-state index is -0.463. The van der Waals surface area contributed by atoms with Crippen LogP contribution in [0.15, 0.2) is 42.7 Å². The van der Waals surface area contributed by atoms with Gasteiger partial charge in [0.1, 0.15) is 6.04 Å². The second kappa shape index (κ2) is 6.75. The highest BCUT2D eigenvalue weighted by molar-refractivity contribution is 5.97. The molecule has 0 bridgehead atoms. The molecule has 22 heavy (non-hydrogen) atoms. The summed E-state index contributed by atoms with van der Waals surface area (Å²) in [6.07, 6.45) is 3.32. The molecule has 0 saturated heterocycles. The van der Waals surface area contributed by atoms with Crippen LogP contribution in [0.25, 0.3) is 0 Å². The number of anilines is 2. The first-order valence-corrected chi connectivity index (χ1v) is 6.87. The van der Waals surface area contributed by atoms with E-state index in [0.29, 0.717) is 11.4 Å². The van der Waals surface area contributed by atoms with Crippen LogP contribution in [0.5, 0.6) is 0 Å². The molecule has 0 aliphatic carbocycles. The Morgan fingerprint density at radius 3 is 2.73 bits per heavy atom. The van der Waals surface area contributed by atoms with Gasteiger partial charge in [0, 0.05) is 19.4 Å². The van der Waals surface area contributed by atoms with Gasteiger partial charge in [0.25, 0.3) is 0 Å². The van der Waals surface area contributed by atoms with E-state index in [0.717, 1.165) is 0 Å². The van der Waals surface area contributed by atoms with Gasteiger partial charge in [0.05, 0.1) is 17.9 Å². The molecule has 2 amide bonds. The van der Waals surface area contributed by atoms with Crippen molar-refractivity contribution in [3.05, 3.63) is 42.7 Å². The monoisotopic (exact) mass is 301 g/mol. The number of nitrogens with zero attached hydrogens (tertiary/aromatic N) is 3. The van der Waals surface area contributed by atoms with Crippen molar-refractivity contribution < 1.29 is 9.59 Å². The summed E-state index contributed by atoms with van der Waals surface area (Å²) in [6.45, 7) is 1.68. The molecule has 7 nitrogen and oxygen atoms in total. The van der Waals surface area contributed by atoms with Gasteiger partial charge in [-0.05, 0) is 25.1 Å². The molecule has 2 rings (SSSR count). The number of para-hydroxylation sites is 2. The molecule has 0 fully saturated rings. The van der Waals surface area contributed by atoms with Gasteiger partial charge >= 0.3 is 0 Å².